The Balaban J connectivity index is 2.89. The van der Waals surface area contributed by atoms with Crippen LogP contribution in [0.2, 0.25) is 0 Å². The fourth-order valence-electron chi connectivity index (χ4n) is 1.58. The average Bonchev–Trinajstić information content (AvgIpc) is 2.13. The van der Waals surface area contributed by atoms with Crippen LogP contribution in [0.4, 0.5) is 5.69 Å². The van der Waals surface area contributed by atoms with E-state index in [0.29, 0.717) is 17.7 Å². The van der Waals surface area contributed by atoms with E-state index >= 15 is 0 Å². The van der Waals surface area contributed by atoms with Gasteiger partial charge in [0.15, 0.2) is 0 Å². The molecule has 0 aliphatic rings. The number of anilines is 1. The van der Waals surface area contributed by atoms with E-state index in [1.165, 1.54) is 12.1 Å². The van der Waals surface area contributed by atoms with Gasteiger partial charge in [0.2, 0.25) is 5.91 Å². The van der Waals surface area contributed by atoms with Gasteiger partial charge in [0.05, 0.1) is 4.90 Å². The Labute approximate surface area is 112 Å². The van der Waals surface area contributed by atoms with Gasteiger partial charge in [0, 0.05) is 22.8 Å². The first-order valence-corrected chi connectivity index (χ1v) is 7.86. The van der Waals surface area contributed by atoms with E-state index in [0.717, 1.165) is 0 Å². The lowest BCUT2D eigenvalue weighted by atomic mass is 10.1. The van der Waals surface area contributed by atoms with Gasteiger partial charge in [-0.1, -0.05) is 13.8 Å². The zero-order valence-corrected chi connectivity index (χ0v) is 12.1. The second kappa shape index (κ2) is 5.71. The summed E-state index contributed by atoms with van der Waals surface area (Å²) < 4.78 is 22.4. The van der Waals surface area contributed by atoms with Crippen molar-refractivity contribution in [3.63, 3.8) is 0 Å². The Morgan fingerprint density at radius 2 is 2.00 bits per heavy atom. The molecule has 0 aliphatic heterocycles. The molecule has 1 amide bonds. The minimum absolute atomic E-state index is 0.0611. The summed E-state index contributed by atoms with van der Waals surface area (Å²) in [6.45, 7) is 5.54. The van der Waals surface area contributed by atoms with Crippen LogP contribution in [0.15, 0.2) is 23.1 Å². The van der Waals surface area contributed by atoms with Crippen LogP contribution in [-0.4, -0.2) is 14.3 Å². The standard InChI is InChI=1S/C12H16ClNO3S/c1-8(2)6-12(15)14-10-4-5-11(9(3)7-10)18(13,16)17/h4-5,7-8H,6H2,1-3H3,(H,14,15). The highest BCUT2D eigenvalue weighted by atomic mass is 35.7. The molecule has 0 aromatic heterocycles. The zero-order valence-electron chi connectivity index (χ0n) is 10.5. The van der Waals surface area contributed by atoms with Gasteiger partial charge in [-0.3, -0.25) is 4.79 Å². The van der Waals surface area contributed by atoms with E-state index in [1.807, 2.05) is 13.8 Å². The normalized spacial score (nSPS) is 11.6. The molecule has 0 unspecified atom stereocenters. The molecule has 0 heterocycles. The number of benzene rings is 1. The minimum Gasteiger partial charge on any atom is -0.326 e. The second-order valence-corrected chi connectivity index (χ2v) is 7.10. The quantitative estimate of drug-likeness (QED) is 0.867. The van der Waals surface area contributed by atoms with Crippen molar-refractivity contribution in [2.24, 2.45) is 5.92 Å². The Kier molecular flexibility index (Phi) is 4.76. The molecule has 18 heavy (non-hydrogen) atoms. The summed E-state index contributed by atoms with van der Waals surface area (Å²) in [5.74, 6) is 0.180. The maximum Gasteiger partial charge on any atom is 0.261 e. The number of hydrogen-bond acceptors (Lipinski definition) is 3. The highest BCUT2D eigenvalue weighted by molar-refractivity contribution is 8.13. The lowest BCUT2D eigenvalue weighted by molar-refractivity contribution is -0.116. The van der Waals surface area contributed by atoms with Crippen LogP contribution in [0.5, 0.6) is 0 Å². The van der Waals surface area contributed by atoms with Gasteiger partial charge in [-0.05, 0) is 36.6 Å². The highest BCUT2D eigenvalue weighted by Crippen LogP contribution is 2.22. The van der Waals surface area contributed by atoms with Crippen molar-refractivity contribution < 1.29 is 13.2 Å². The number of carbonyl (C=O) groups is 1. The van der Waals surface area contributed by atoms with E-state index in [2.05, 4.69) is 5.32 Å². The van der Waals surface area contributed by atoms with Gasteiger partial charge in [0.25, 0.3) is 9.05 Å². The lowest BCUT2D eigenvalue weighted by Crippen LogP contribution is -2.14. The topological polar surface area (TPSA) is 63.2 Å². The third kappa shape index (κ3) is 4.31. The van der Waals surface area contributed by atoms with E-state index in [4.69, 9.17) is 10.7 Å². The molecule has 6 heteroatoms. The lowest BCUT2D eigenvalue weighted by Gasteiger charge is -2.09. The first kappa shape index (κ1) is 15.0. The number of nitrogens with one attached hydrogen (secondary N) is 1. The van der Waals surface area contributed by atoms with Crippen molar-refractivity contribution in [2.75, 3.05) is 5.32 Å². The number of hydrogen-bond donors (Lipinski definition) is 1. The van der Waals surface area contributed by atoms with Crippen LogP contribution < -0.4 is 5.32 Å². The first-order valence-electron chi connectivity index (χ1n) is 5.55. The van der Waals surface area contributed by atoms with Crippen LogP contribution in [0.3, 0.4) is 0 Å². The molecular weight excluding hydrogens is 274 g/mol. The highest BCUT2D eigenvalue weighted by Gasteiger charge is 2.14. The number of rotatable bonds is 4. The molecular formula is C12H16ClNO3S. The molecule has 0 radical (unpaired) electrons. The fraction of sp³-hybridized carbons (Fsp3) is 0.417. The van der Waals surface area contributed by atoms with Gasteiger partial charge < -0.3 is 5.32 Å². The Morgan fingerprint density at radius 1 is 1.39 bits per heavy atom. The van der Waals surface area contributed by atoms with E-state index in [-0.39, 0.29) is 16.7 Å². The molecule has 0 spiro atoms. The van der Waals surface area contributed by atoms with Gasteiger partial charge in [-0.2, -0.15) is 0 Å². The third-order valence-corrected chi connectivity index (χ3v) is 3.80. The maximum atomic E-state index is 11.6. The monoisotopic (exact) mass is 289 g/mol. The molecule has 0 aliphatic carbocycles. The Bertz CT molecular complexity index is 552. The molecule has 100 valence electrons. The largest absolute Gasteiger partial charge is 0.326 e. The van der Waals surface area contributed by atoms with Crippen molar-refractivity contribution in [3.05, 3.63) is 23.8 Å². The summed E-state index contributed by atoms with van der Waals surface area (Å²) in [5.41, 5.74) is 1.08. The summed E-state index contributed by atoms with van der Waals surface area (Å²) in [6.07, 6.45) is 0.425. The summed E-state index contributed by atoms with van der Waals surface area (Å²) in [7, 11) is 1.54. The third-order valence-electron chi connectivity index (χ3n) is 2.32. The molecule has 0 atom stereocenters. The van der Waals surface area contributed by atoms with Gasteiger partial charge in [-0.15, -0.1) is 0 Å². The molecule has 1 aromatic rings. The van der Waals surface area contributed by atoms with Crippen LogP contribution >= 0.6 is 10.7 Å². The number of carbonyl (C=O) groups excluding carboxylic acids is 1. The molecule has 0 saturated heterocycles. The predicted octanol–water partition coefficient (Wildman–Crippen LogP) is 2.91. The van der Waals surface area contributed by atoms with Crippen molar-refractivity contribution in [1.82, 2.24) is 0 Å². The maximum absolute atomic E-state index is 11.6. The summed E-state index contributed by atoms with van der Waals surface area (Å²) >= 11 is 0. The van der Waals surface area contributed by atoms with Gasteiger partial charge >= 0.3 is 0 Å². The Hall–Kier alpha value is -1.07. The zero-order chi connectivity index (χ0) is 13.9. The van der Waals surface area contributed by atoms with Crippen LogP contribution in [0.1, 0.15) is 25.8 Å². The van der Waals surface area contributed by atoms with Crippen molar-refractivity contribution in [3.8, 4) is 0 Å². The van der Waals surface area contributed by atoms with E-state index in [1.54, 1.807) is 13.0 Å². The van der Waals surface area contributed by atoms with Crippen LogP contribution in [0.25, 0.3) is 0 Å². The average molecular weight is 290 g/mol. The molecule has 0 fully saturated rings. The van der Waals surface area contributed by atoms with Crippen LogP contribution in [-0.2, 0) is 13.8 Å². The number of halogens is 1. The smallest absolute Gasteiger partial charge is 0.261 e. The second-order valence-electron chi connectivity index (χ2n) is 4.56. The molecule has 1 rings (SSSR count). The molecule has 4 nitrogen and oxygen atoms in total. The molecule has 1 N–H and O–H groups in total. The molecule has 0 bridgehead atoms. The number of amides is 1. The first-order chi connectivity index (χ1) is 8.20. The molecule has 0 saturated carbocycles. The van der Waals surface area contributed by atoms with Crippen molar-refractivity contribution in [1.29, 1.82) is 0 Å². The fourth-order valence-corrected chi connectivity index (χ4v) is 2.78. The van der Waals surface area contributed by atoms with Gasteiger partial charge in [0.1, 0.15) is 0 Å². The Morgan fingerprint density at radius 3 is 2.44 bits per heavy atom. The van der Waals surface area contributed by atoms with Crippen molar-refractivity contribution >= 4 is 31.3 Å². The molecule has 1 aromatic carbocycles. The summed E-state index contributed by atoms with van der Waals surface area (Å²) in [5, 5.41) is 2.72. The van der Waals surface area contributed by atoms with Crippen molar-refractivity contribution in [2.45, 2.75) is 32.1 Å². The van der Waals surface area contributed by atoms with Gasteiger partial charge in [-0.25, -0.2) is 8.42 Å². The van der Waals surface area contributed by atoms with Crippen LogP contribution in [0, 0.1) is 12.8 Å². The minimum atomic E-state index is -3.74. The van der Waals surface area contributed by atoms with E-state index in [9.17, 15) is 13.2 Å². The summed E-state index contributed by atoms with van der Waals surface area (Å²) in [4.78, 5) is 11.6. The predicted molar refractivity (Wildman–Crippen MR) is 72.3 cm³/mol. The SMILES string of the molecule is Cc1cc(NC(=O)CC(C)C)ccc1S(=O)(=O)Cl. The number of aryl methyl sites for hydroxylation is 1. The van der Waals surface area contributed by atoms with E-state index < -0.39 is 9.05 Å². The summed E-state index contributed by atoms with van der Waals surface area (Å²) in [6, 6.07) is 4.51.